The van der Waals surface area contributed by atoms with Gasteiger partial charge in [0.25, 0.3) is 5.91 Å². The molecule has 0 aromatic carbocycles. The first-order valence-electron chi connectivity index (χ1n) is 7.62. The number of rotatable bonds is 5. The third kappa shape index (κ3) is 3.75. The average Bonchev–Trinajstić information content (AvgIpc) is 2.47. The predicted molar refractivity (Wildman–Crippen MR) is 80.9 cm³/mol. The van der Waals surface area contributed by atoms with E-state index >= 15 is 0 Å². The number of hydrogen-bond donors (Lipinski definition) is 2. The van der Waals surface area contributed by atoms with E-state index in [9.17, 15) is 14.7 Å². The van der Waals surface area contributed by atoms with Gasteiger partial charge < -0.3 is 15.2 Å². The third-order valence-corrected chi connectivity index (χ3v) is 3.78. The van der Waals surface area contributed by atoms with E-state index in [0.29, 0.717) is 18.7 Å². The fourth-order valence-corrected chi connectivity index (χ4v) is 2.68. The van der Waals surface area contributed by atoms with Gasteiger partial charge in [0, 0.05) is 6.07 Å². The zero-order chi connectivity index (χ0) is 16.2. The first kappa shape index (κ1) is 16.3. The smallest absolute Gasteiger partial charge is 0.329 e. The van der Waals surface area contributed by atoms with Crippen LogP contribution in [-0.2, 0) is 4.79 Å². The molecule has 1 aliphatic carbocycles. The van der Waals surface area contributed by atoms with Gasteiger partial charge in [-0.15, -0.1) is 0 Å². The number of hydrogen-bond acceptors (Lipinski definition) is 4. The van der Waals surface area contributed by atoms with Gasteiger partial charge in [0.15, 0.2) is 0 Å². The molecule has 0 radical (unpaired) electrons. The van der Waals surface area contributed by atoms with E-state index < -0.39 is 17.4 Å². The minimum Gasteiger partial charge on any atom is -0.480 e. The predicted octanol–water partition coefficient (Wildman–Crippen LogP) is 2.39. The summed E-state index contributed by atoms with van der Waals surface area (Å²) in [4.78, 5) is 28.1. The summed E-state index contributed by atoms with van der Waals surface area (Å²) in [6, 6.07) is 4.90. The topological polar surface area (TPSA) is 88.5 Å². The van der Waals surface area contributed by atoms with Gasteiger partial charge in [-0.2, -0.15) is 0 Å². The number of carbonyl (C=O) groups is 2. The molecule has 1 fully saturated rings. The van der Waals surface area contributed by atoms with Gasteiger partial charge in [-0.1, -0.05) is 25.3 Å². The molecule has 1 amide bonds. The molecule has 6 nitrogen and oxygen atoms in total. The van der Waals surface area contributed by atoms with Crippen LogP contribution in [0.15, 0.2) is 18.2 Å². The lowest BCUT2D eigenvalue weighted by Gasteiger charge is -2.33. The van der Waals surface area contributed by atoms with Crippen LogP contribution in [0.3, 0.4) is 0 Å². The Labute approximate surface area is 129 Å². The molecule has 120 valence electrons. The number of ether oxygens (including phenoxy) is 1. The molecular formula is C16H22N2O4. The summed E-state index contributed by atoms with van der Waals surface area (Å²) in [5.74, 6) is -1.09. The van der Waals surface area contributed by atoms with Crippen LogP contribution in [0.2, 0.25) is 0 Å². The van der Waals surface area contributed by atoms with Crippen molar-refractivity contribution in [3.8, 4) is 5.88 Å². The molecular weight excluding hydrogens is 284 g/mol. The molecule has 1 aliphatic rings. The molecule has 0 saturated heterocycles. The van der Waals surface area contributed by atoms with Gasteiger partial charge in [-0.3, -0.25) is 4.79 Å². The highest BCUT2D eigenvalue weighted by atomic mass is 16.5. The number of carbonyl (C=O) groups excluding carboxylic acids is 1. The van der Waals surface area contributed by atoms with Crippen LogP contribution in [0.4, 0.5) is 0 Å². The van der Waals surface area contributed by atoms with Crippen LogP contribution < -0.4 is 10.1 Å². The number of carboxylic acids is 1. The summed E-state index contributed by atoms with van der Waals surface area (Å²) < 4.78 is 5.46. The first-order chi connectivity index (χ1) is 10.4. The quantitative estimate of drug-likeness (QED) is 0.872. The minimum atomic E-state index is -1.17. The summed E-state index contributed by atoms with van der Waals surface area (Å²) in [5.41, 5.74) is -1.00. The number of pyridine rings is 1. The SMILES string of the molecule is CC(C)Oc1cccc(C(=O)NC2(C(=O)O)CCCCC2)n1. The van der Waals surface area contributed by atoms with Gasteiger partial charge >= 0.3 is 5.97 Å². The Balaban J connectivity index is 2.15. The Hall–Kier alpha value is -2.11. The van der Waals surface area contributed by atoms with Crippen molar-refractivity contribution in [1.29, 1.82) is 0 Å². The fourth-order valence-electron chi connectivity index (χ4n) is 2.68. The number of carboxylic acid groups (broad SMARTS) is 1. The van der Waals surface area contributed by atoms with Gasteiger partial charge in [-0.25, -0.2) is 9.78 Å². The number of amides is 1. The number of aromatic nitrogens is 1. The maximum atomic E-state index is 12.4. The fraction of sp³-hybridized carbons (Fsp3) is 0.562. The van der Waals surface area contributed by atoms with Crippen molar-refractivity contribution >= 4 is 11.9 Å². The molecule has 1 heterocycles. The molecule has 0 bridgehead atoms. The maximum absolute atomic E-state index is 12.4. The van der Waals surface area contributed by atoms with Crippen LogP contribution in [0.5, 0.6) is 5.88 Å². The van der Waals surface area contributed by atoms with Gasteiger partial charge in [-0.05, 0) is 32.8 Å². The molecule has 0 atom stereocenters. The number of nitrogens with one attached hydrogen (secondary N) is 1. The Morgan fingerprint density at radius 3 is 2.55 bits per heavy atom. The molecule has 0 unspecified atom stereocenters. The van der Waals surface area contributed by atoms with Crippen LogP contribution in [0, 0.1) is 0 Å². The zero-order valence-electron chi connectivity index (χ0n) is 13.0. The second-order valence-corrected chi connectivity index (χ2v) is 5.93. The number of aliphatic carboxylic acids is 1. The lowest BCUT2D eigenvalue weighted by Crippen LogP contribution is -2.55. The molecule has 22 heavy (non-hydrogen) atoms. The molecule has 1 aromatic rings. The second-order valence-electron chi connectivity index (χ2n) is 5.93. The summed E-state index contributed by atoms with van der Waals surface area (Å²) >= 11 is 0. The van der Waals surface area contributed by atoms with E-state index in [1.807, 2.05) is 13.8 Å². The first-order valence-corrected chi connectivity index (χ1v) is 7.62. The van der Waals surface area contributed by atoms with Crippen molar-refractivity contribution in [2.75, 3.05) is 0 Å². The molecule has 0 spiro atoms. The van der Waals surface area contributed by atoms with E-state index in [0.717, 1.165) is 19.3 Å². The van der Waals surface area contributed by atoms with Crippen LogP contribution in [0.1, 0.15) is 56.4 Å². The standard InChI is InChI=1S/C16H22N2O4/c1-11(2)22-13-8-6-7-12(17-13)14(19)18-16(15(20)21)9-4-3-5-10-16/h6-8,11H,3-5,9-10H2,1-2H3,(H,18,19)(H,20,21). The van der Waals surface area contributed by atoms with E-state index in [4.69, 9.17) is 4.74 Å². The third-order valence-electron chi connectivity index (χ3n) is 3.78. The van der Waals surface area contributed by atoms with Gasteiger partial charge in [0.2, 0.25) is 5.88 Å². The molecule has 1 saturated carbocycles. The van der Waals surface area contributed by atoms with Crippen molar-refractivity contribution < 1.29 is 19.4 Å². The van der Waals surface area contributed by atoms with E-state index in [2.05, 4.69) is 10.3 Å². The minimum absolute atomic E-state index is 0.0467. The Morgan fingerprint density at radius 1 is 1.27 bits per heavy atom. The van der Waals surface area contributed by atoms with Crippen molar-refractivity contribution in [2.45, 2.75) is 57.6 Å². The lowest BCUT2D eigenvalue weighted by atomic mass is 9.81. The van der Waals surface area contributed by atoms with Gasteiger partial charge in [0.05, 0.1) is 6.10 Å². The molecule has 6 heteroatoms. The van der Waals surface area contributed by atoms with Gasteiger partial charge in [0.1, 0.15) is 11.2 Å². The van der Waals surface area contributed by atoms with E-state index in [1.54, 1.807) is 18.2 Å². The highest BCUT2D eigenvalue weighted by Crippen LogP contribution is 2.28. The molecule has 1 aromatic heterocycles. The highest BCUT2D eigenvalue weighted by molar-refractivity contribution is 5.96. The van der Waals surface area contributed by atoms with E-state index in [1.165, 1.54) is 0 Å². The van der Waals surface area contributed by atoms with Crippen molar-refractivity contribution in [2.24, 2.45) is 0 Å². The van der Waals surface area contributed by atoms with Crippen molar-refractivity contribution in [1.82, 2.24) is 10.3 Å². The summed E-state index contributed by atoms with van der Waals surface area (Å²) in [5, 5.41) is 12.2. The molecule has 2 rings (SSSR count). The Bertz CT molecular complexity index is 551. The monoisotopic (exact) mass is 306 g/mol. The normalized spacial score (nSPS) is 17.0. The second kappa shape index (κ2) is 6.77. The summed E-state index contributed by atoms with van der Waals surface area (Å²) in [6.45, 7) is 3.74. The van der Waals surface area contributed by atoms with Crippen LogP contribution in [-0.4, -0.2) is 33.6 Å². The van der Waals surface area contributed by atoms with Crippen molar-refractivity contribution in [3.05, 3.63) is 23.9 Å². The van der Waals surface area contributed by atoms with Crippen LogP contribution >= 0.6 is 0 Å². The van der Waals surface area contributed by atoms with E-state index in [-0.39, 0.29) is 11.8 Å². The van der Waals surface area contributed by atoms with Crippen LogP contribution in [0.25, 0.3) is 0 Å². The maximum Gasteiger partial charge on any atom is 0.329 e. The highest BCUT2D eigenvalue weighted by Gasteiger charge is 2.41. The zero-order valence-corrected chi connectivity index (χ0v) is 13.0. The van der Waals surface area contributed by atoms with Crippen molar-refractivity contribution in [3.63, 3.8) is 0 Å². The Kier molecular flexibility index (Phi) is 5.00. The summed E-state index contributed by atoms with van der Waals surface area (Å²) in [6.07, 6.45) is 3.47. The lowest BCUT2D eigenvalue weighted by molar-refractivity contribution is -0.145. The number of nitrogens with zero attached hydrogens (tertiary/aromatic N) is 1. The molecule has 0 aliphatic heterocycles. The summed E-state index contributed by atoms with van der Waals surface area (Å²) in [7, 11) is 0. The Morgan fingerprint density at radius 2 is 1.95 bits per heavy atom. The largest absolute Gasteiger partial charge is 0.480 e. The molecule has 2 N–H and O–H groups in total. The average molecular weight is 306 g/mol.